The smallest absolute Gasteiger partial charge is 0.339 e. The zero-order valence-corrected chi connectivity index (χ0v) is 17.0. The standard InChI is InChI=1S/C21H12BrFO5S/c22-14-4-7-17(8-5-14)29(25,26)28-16-6-9-18-19(12-16)27-20(21(18)24)11-13-2-1-3-15(23)10-13/h1-12H/b20-11-. The summed E-state index contributed by atoms with van der Waals surface area (Å²) < 4.78 is 49.6. The molecule has 0 radical (unpaired) electrons. The lowest BCUT2D eigenvalue weighted by atomic mass is 10.1. The molecule has 0 amide bonds. The van der Waals surface area contributed by atoms with E-state index < -0.39 is 15.9 Å². The highest BCUT2D eigenvalue weighted by Crippen LogP contribution is 2.35. The molecule has 0 fully saturated rings. The predicted molar refractivity (Wildman–Crippen MR) is 108 cm³/mol. The molecule has 0 atom stereocenters. The Labute approximate surface area is 174 Å². The summed E-state index contributed by atoms with van der Waals surface area (Å²) in [6, 6.07) is 15.8. The van der Waals surface area contributed by atoms with Crippen molar-refractivity contribution in [1.82, 2.24) is 0 Å². The molecule has 0 spiro atoms. The van der Waals surface area contributed by atoms with E-state index in [1.807, 2.05) is 0 Å². The minimum Gasteiger partial charge on any atom is -0.452 e. The molecule has 0 saturated heterocycles. The first kappa shape index (κ1) is 19.4. The van der Waals surface area contributed by atoms with E-state index in [1.54, 1.807) is 18.2 Å². The molecule has 146 valence electrons. The fourth-order valence-corrected chi connectivity index (χ4v) is 3.93. The summed E-state index contributed by atoms with van der Waals surface area (Å²) in [5, 5.41) is 0. The molecule has 3 aromatic rings. The van der Waals surface area contributed by atoms with Crippen molar-refractivity contribution in [2.45, 2.75) is 4.90 Å². The molecular formula is C21H12BrFO5S. The summed E-state index contributed by atoms with van der Waals surface area (Å²) >= 11 is 3.24. The van der Waals surface area contributed by atoms with Gasteiger partial charge in [-0.15, -0.1) is 0 Å². The van der Waals surface area contributed by atoms with E-state index in [1.165, 1.54) is 54.6 Å². The number of benzene rings is 3. The second kappa shape index (κ2) is 7.46. The Morgan fingerprint density at radius 1 is 1.00 bits per heavy atom. The number of halogens is 2. The van der Waals surface area contributed by atoms with Gasteiger partial charge in [0.2, 0.25) is 5.78 Å². The third kappa shape index (κ3) is 4.08. The quantitative estimate of drug-likeness (QED) is 0.394. The zero-order chi connectivity index (χ0) is 20.6. The fraction of sp³-hybridized carbons (Fsp3) is 0. The fourth-order valence-electron chi connectivity index (χ4n) is 2.74. The number of hydrogen-bond acceptors (Lipinski definition) is 5. The molecule has 5 nitrogen and oxygen atoms in total. The van der Waals surface area contributed by atoms with Gasteiger partial charge in [-0.1, -0.05) is 28.1 Å². The molecule has 4 rings (SSSR count). The number of hydrogen-bond donors (Lipinski definition) is 0. The lowest BCUT2D eigenvalue weighted by Crippen LogP contribution is -2.09. The number of carbonyl (C=O) groups excluding carboxylic acids is 1. The monoisotopic (exact) mass is 474 g/mol. The molecule has 0 aromatic heterocycles. The number of rotatable bonds is 4. The van der Waals surface area contributed by atoms with Crippen molar-refractivity contribution in [2.75, 3.05) is 0 Å². The SMILES string of the molecule is O=C1/C(=C/c2cccc(F)c2)Oc2cc(OS(=O)(=O)c3ccc(Br)cc3)ccc21. The summed E-state index contributed by atoms with van der Waals surface area (Å²) in [5.74, 6) is -0.631. The van der Waals surface area contributed by atoms with Crippen molar-refractivity contribution in [3.05, 3.63) is 93.9 Å². The average Bonchev–Trinajstić information content (AvgIpc) is 2.97. The van der Waals surface area contributed by atoms with Gasteiger partial charge >= 0.3 is 10.1 Å². The third-order valence-corrected chi connectivity index (χ3v) is 5.89. The van der Waals surface area contributed by atoms with Gasteiger partial charge < -0.3 is 8.92 Å². The van der Waals surface area contributed by atoms with Crippen LogP contribution in [0.2, 0.25) is 0 Å². The van der Waals surface area contributed by atoms with Crippen molar-refractivity contribution < 1.29 is 26.5 Å². The Morgan fingerprint density at radius 2 is 1.76 bits per heavy atom. The maximum absolute atomic E-state index is 13.3. The van der Waals surface area contributed by atoms with Crippen molar-refractivity contribution >= 4 is 37.9 Å². The largest absolute Gasteiger partial charge is 0.452 e. The summed E-state index contributed by atoms with van der Waals surface area (Å²) in [6.07, 6.45) is 1.42. The Kier molecular flexibility index (Phi) is 4.97. The highest BCUT2D eigenvalue weighted by Gasteiger charge is 2.28. The summed E-state index contributed by atoms with van der Waals surface area (Å²) in [5.41, 5.74) is 0.733. The number of ether oxygens (including phenoxy) is 1. The number of allylic oxidation sites excluding steroid dienone is 1. The Bertz CT molecular complexity index is 1250. The second-order valence-electron chi connectivity index (χ2n) is 6.14. The molecule has 0 saturated carbocycles. The summed E-state index contributed by atoms with van der Waals surface area (Å²) in [7, 11) is -4.05. The van der Waals surface area contributed by atoms with Crippen molar-refractivity contribution in [2.24, 2.45) is 0 Å². The first-order valence-electron chi connectivity index (χ1n) is 8.36. The van der Waals surface area contributed by atoms with Crippen LogP contribution < -0.4 is 8.92 Å². The van der Waals surface area contributed by atoms with E-state index >= 15 is 0 Å². The van der Waals surface area contributed by atoms with Crippen LogP contribution in [0.4, 0.5) is 4.39 Å². The van der Waals surface area contributed by atoms with Crippen molar-refractivity contribution in [1.29, 1.82) is 0 Å². The van der Waals surface area contributed by atoms with Gasteiger partial charge in [0.05, 0.1) is 5.56 Å². The molecule has 1 heterocycles. The number of fused-ring (bicyclic) bond motifs is 1. The van der Waals surface area contributed by atoms with Crippen LogP contribution in [0.5, 0.6) is 11.5 Å². The molecule has 1 aliphatic rings. The van der Waals surface area contributed by atoms with Gasteiger partial charge in [0.25, 0.3) is 0 Å². The van der Waals surface area contributed by atoms with Gasteiger partial charge in [-0.3, -0.25) is 4.79 Å². The van der Waals surface area contributed by atoms with Crippen LogP contribution in [0.15, 0.2) is 81.9 Å². The highest BCUT2D eigenvalue weighted by molar-refractivity contribution is 9.10. The van der Waals surface area contributed by atoms with Gasteiger partial charge in [0.1, 0.15) is 22.2 Å². The highest BCUT2D eigenvalue weighted by atomic mass is 79.9. The molecule has 0 N–H and O–H groups in total. The topological polar surface area (TPSA) is 69.7 Å². The van der Waals surface area contributed by atoms with E-state index in [4.69, 9.17) is 8.92 Å². The average molecular weight is 475 g/mol. The third-order valence-electron chi connectivity index (χ3n) is 4.10. The van der Waals surface area contributed by atoms with Gasteiger partial charge in [-0.2, -0.15) is 8.42 Å². The minimum atomic E-state index is -4.05. The van der Waals surface area contributed by atoms with Gasteiger partial charge in [0, 0.05) is 10.5 Å². The van der Waals surface area contributed by atoms with E-state index in [-0.39, 0.29) is 33.5 Å². The van der Waals surface area contributed by atoms with Gasteiger partial charge in [0.15, 0.2) is 5.76 Å². The van der Waals surface area contributed by atoms with Crippen LogP contribution in [0.25, 0.3) is 6.08 Å². The van der Waals surface area contributed by atoms with Crippen LogP contribution in [0.3, 0.4) is 0 Å². The van der Waals surface area contributed by atoms with Gasteiger partial charge in [-0.05, 0) is 60.2 Å². The Morgan fingerprint density at radius 3 is 2.48 bits per heavy atom. The minimum absolute atomic E-state index is 0.00599. The lowest BCUT2D eigenvalue weighted by Gasteiger charge is -2.08. The Balaban J connectivity index is 1.60. The van der Waals surface area contributed by atoms with E-state index in [9.17, 15) is 17.6 Å². The van der Waals surface area contributed by atoms with Crippen LogP contribution >= 0.6 is 15.9 Å². The van der Waals surface area contributed by atoms with E-state index in [0.717, 1.165) is 4.47 Å². The Hall–Kier alpha value is -2.97. The number of Topliss-reactive ketones (excluding diaryl/α,β-unsaturated/α-hetero) is 1. The van der Waals surface area contributed by atoms with Crippen molar-refractivity contribution in [3.63, 3.8) is 0 Å². The molecule has 0 bridgehead atoms. The number of carbonyl (C=O) groups is 1. The maximum Gasteiger partial charge on any atom is 0.339 e. The van der Waals surface area contributed by atoms with E-state index in [0.29, 0.717) is 5.56 Å². The van der Waals surface area contributed by atoms with Gasteiger partial charge in [-0.25, -0.2) is 4.39 Å². The zero-order valence-electron chi connectivity index (χ0n) is 14.6. The van der Waals surface area contributed by atoms with Crippen molar-refractivity contribution in [3.8, 4) is 11.5 Å². The molecule has 0 aliphatic carbocycles. The first-order valence-corrected chi connectivity index (χ1v) is 10.6. The molecular weight excluding hydrogens is 463 g/mol. The van der Waals surface area contributed by atoms with Crippen LogP contribution in [0, 0.1) is 5.82 Å². The molecule has 3 aromatic carbocycles. The normalized spacial score (nSPS) is 14.6. The molecule has 8 heteroatoms. The molecule has 1 aliphatic heterocycles. The maximum atomic E-state index is 13.3. The van der Waals surface area contributed by atoms with E-state index in [2.05, 4.69) is 15.9 Å². The lowest BCUT2D eigenvalue weighted by molar-refractivity contribution is 0.101. The number of ketones is 1. The van der Waals surface area contributed by atoms with Crippen LogP contribution in [0.1, 0.15) is 15.9 Å². The molecule has 0 unspecified atom stereocenters. The summed E-state index contributed by atoms with van der Waals surface area (Å²) in [4.78, 5) is 12.5. The summed E-state index contributed by atoms with van der Waals surface area (Å²) in [6.45, 7) is 0. The predicted octanol–water partition coefficient (Wildman–Crippen LogP) is 4.97. The first-order chi connectivity index (χ1) is 13.8. The van der Waals surface area contributed by atoms with Crippen LogP contribution in [-0.2, 0) is 10.1 Å². The van der Waals surface area contributed by atoms with Crippen LogP contribution in [-0.4, -0.2) is 14.2 Å². The molecule has 29 heavy (non-hydrogen) atoms. The second-order valence-corrected chi connectivity index (χ2v) is 8.61.